The van der Waals surface area contributed by atoms with E-state index in [4.69, 9.17) is 11.6 Å². The average Bonchev–Trinajstić information content (AvgIpc) is 2.82. The van der Waals surface area contributed by atoms with Gasteiger partial charge in [0.15, 0.2) is 0 Å². The van der Waals surface area contributed by atoms with Crippen molar-refractivity contribution in [2.45, 2.75) is 13.0 Å². The first-order chi connectivity index (χ1) is 8.20. The van der Waals surface area contributed by atoms with Gasteiger partial charge in [0.2, 0.25) is 11.8 Å². The van der Waals surface area contributed by atoms with Gasteiger partial charge in [-0.05, 0) is 23.4 Å². The number of hydrogen-bond donors (Lipinski definition) is 1. The van der Waals surface area contributed by atoms with Crippen LogP contribution in [-0.4, -0.2) is 35.7 Å². The van der Waals surface area contributed by atoms with Crippen LogP contribution in [0.4, 0.5) is 0 Å². The number of fused-ring (bicyclic) bond motifs is 1. The van der Waals surface area contributed by atoms with Crippen LogP contribution in [-0.2, 0) is 22.6 Å². The summed E-state index contributed by atoms with van der Waals surface area (Å²) in [6, 6.07) is 2.05. The Balaban J connectivity index is 1.88. The van der Waals surface area contributed by atoms with Crippen molar-refractivity contribution in [3.8, 4) is 0 Å². The Bertz CT molecular complexity index is 433. The Kier molecular flexibility index (Phi) is 4.02. The Morgan fingerprint density at radius 2 is 2.35 bits per heavy atom. The number of alkyl halides is 1. The molecule has 0 atom stereocenters. The second-order valence-electron chi connectivity index (χ2n) is 3.84. The zero-order valence-corrected chi connectivity index (χ0v) is 10.8. The molecule has 0 fully saturated rings. The molecule has 1 N–H and O–H groups in total. The minimum absolute atomic E-state index is 0.0328. The van der Waals surface area contributed by atoms with Crippen molar-refractivity contribution in [1.82, 2.24) is 10.2 Å². The van der Waals surface area contributed by atoms with Gasteiger partial charge in [0.1, 0.15) is 5.88 Å². The fourth-order valence-electron chi connectivity index (χ4n) is 1.79. The zero-order chi connectivity index (χ0) is 12.3. The van der Waals surface area contributed by atoms with Gasteiger partial charge in [-0.2, -0.15) is 0 Å². The van der Waals surface area contributed by atoms with Crippen molar-refractivity contribution >= 4 is 34.8 Å². The van der Waals surface area contributed by atoms with E-state index in [1.54, 1.807) is 16.2 Å². The molecule has 0 spiro atoms. The highest BCUT2D eigenvalue weighted by Gasteiger charge is 2.21. The molecule has 4 nitrogen and oxygen atoms in total. The Morgan fingerprint density at radius 3 is 3.12 bits per heavy atom. The third kappa shape index (κ3) is 2.98. The summed E-state index contributed by atoms with van der Waals surface area (Å²) < 4.78 is 0. The molecule has 0 bridgehead atoms. The lowest BCUT2D eigenvalue weighted by atomic mass is 10.1. The number of hydrogen-bond acceptors (Lipinski definition) is 3. The number of rotatable bonds is 3. The quantitative estimate of drug-likeness (QED) is 0.835. The first-order valence-electron chi connectivity index (χ1n) is 5.36. The second kappa shape index (κ2) is 5.51. The topological polar surface area (TPSA) is 49.4 Å². The molecule has 0 saturated heterocycles. The van der Waals surface area contributed by atoms with Crippen molar-refractivity contribution in [2.75, 3.05) is 19.0 Å². The number of nitrogens with one attached hydrogen (secondary N) is 1. The highest BCUT2D eigenvalue weighted by Crippen LogP contribution is 2.23. The van der Waals surface area contributed by atoms with Crippen LogP contribution in [0.1, 0.15) is 10.4 Å². The minimum atomic E-state index is -0.312. The maximum Gasteiger partial charge on any atom is 0.242 e. The summed E-state index contributed by atoms with van der Waals surface area (Å²) in [6.07, 6.45) is 0.905. The summed E-state index contributed by atoms with van der Waals surface area (Å²) in [5, 5.41) is 4.54. The molecule has 2 heterocycles. The molecule has 1 aliphatic heterocycles. The molecule has 0 aromatic carbocycles. The van der Waals surface area contributed by atoms with Gasteiger partial charge in [0.05, 0.1) is 6.54 Å². The van der Waals surface area contributed by atoms with Gasteiger partial charge in [-0.25, -0.2) is 0 Å². The Labute approximate surface area is 109 Å². The van der Waals surface area contributed by atoms with Crippen LogP contribution in [0.25, 0.3) is 0 Å². The van der Waals surface area contributed by atoms with Crippen LogP contribution < -0.4 is 5.32 Å². The molecule has 17 heavy (non-hydrogen) atoms. The fraction of sp³-hybridized carbons (Fsp3) is 0.455. The van der Waals surface area contributed by atoms with Gasteiger partial charge in [0.25, 0.3) is 0 Å². The van der Waals surface area contributed by atoms with Crippen molar-refractivity contribution in [1.29, 1.82) is 0 Å². The number of carbonyl (C=O) groups is 2. The molecule has 2 amide bonds. The van der Waals surface area contributed by atoms with Gasteiger partial charge in [0, 0.05) is 18.0 Å². The van der Waals surface area contributed by atoms with E-state index < -0.39 is 0 Å². The number of halogens is 1. The summed E-state index contributed by atoms with van der Waals surface area (Å²) in [4.78, 5) is 25.9. The molecule has 1 aromatic rings. The van der Waals surface area contributed by atoms with E-state index >= 15 is 0 Å². The first-order valence-corrected chi connectivity index (χ1v) is 6.78. The average molecular weight is 273 g/mol. The standard InChI is InChI=1S/C11H13ClN2O2S/c12-5-10(15)13-6-11(16)14-3-1-9-8(7-14)2-4-17-9/h2,4H,1,3,5-7H2,(H,13,15). The normalized spacial score (nSPS) is 14.3. The van der Waals surface area contributed by atoms with Crippen LogP contribution in [0.5, 0.6) is 0 Å². The second-order valence-corrected chi connectivity index (χ2v) is 5.11. The molecular formula is C11H13ClN2O2S. The molecule has 92 valence electrons. The monoisotopic (exact) mass is 272 g/mol. The fourth-order valence-corrected chi connectivity index (χ4v) is 2.78. The highest BCUT2D eigenvalue weighted by molar-refractivity contribution is 7.10. The predicted octanol–water partition coefficient (Wildman–Crippen LogP) is 0.988. The molecule has 0 aliphatic carbocycles. The van der Waals surface area contributed by atoms with Crippen LogP contribution in [0, 0.1) is 0 Å². The van der Waals surface area contributed by atoms with Crippen LogP contribution in [0.15, 0.2) is 11.4 Å². The summed E-state index contributed by atoms with van der Waals surface area (Å²) in [7, 11) is 0. The summed E-state index contributed by atoms with van der Waals surface area (Å²) in [5.41, 5.74) is 1.22. The third-order valence-corrected chi connectivity index (χ3v) is 3.98. The molecule has 6 heteroatoms. The van der Waals surface area contributed by atoms with E-state index in [2.05, 4.69) is 11.4 Å². The maximum atomic E-state index is 11.8. The number of nitrogens with zero attached hydrogens (tertiary/aromatic N) is 1. The van der Waals surface area contributed by atoms with Crippen molar-refractivity contribution in [3.63, 3.8) is 0 Å². The molecule has 0 saturated carbocycles. The zero-order valence-electron chi connectivity index (χ0n) is 9.24. The summed E-state index contributed by atoms with van der Waals surface area (Å²) in [5.74, 6) is -0.476. The first kappa shape index (κ1) is 12.4. The smallest absolute Gasteiger partial charge is 0.242 e. The lowest BCUT2D eigenvalue weighted by Crippen LogP contribution is -2.42. The van der Waals surface area contributed by atoms with E-state index in [0.717, 1.165) is 13.0 Å². The van der Waals surface area contributed by atoms with Crippen molar-refractivity contribution in [2.24, 2.45) is 0 Å². The van der Waals surface area contributed by atoms with Crippen molar-refractivity contribution in [3.05, 3.63) is 21.9 Å². The SMILES string of the molecule is O=C(CCl)NCC(=O)N1CCc2sccc2C1. The van der Waals surface area contributed by atoms with E-state index in [-0.39, 0.29) is 24.2 Å². The van der Waals surface area contributed by atoms with E-state index in [1.807, 2.05) is 5.38 Å². The molecule has 1 aliphatic rings. The van der Waals surface area contributed by atoms with Crippen molar-refractivity contribution < 1.29 is 9.59 Å². The predicted molar refractivity (Wildman–Crippen MR) is 67.2 cm³/mol. The Hall–Kier alpha value is -1.07. The highest BCUT2D eigenvalue weighted by atomic mass is 35.5. The maximum absolute atomic E-state index is 11.8. The number of thiophene rings is 1. The lowest BCUT2D eigenvalue weighted by molar-refractivity contribution is -0.133. The Morgan fingerprint density at radius 1 is 1.53 bits per heavy atom. The largest absolute Gasteiger partial charge is 0.346 e. The summed E-state index contributed by atoms with van der Waals surface area (Å²) >= 11 is 7.07. The number of carbonyl (C=O) groups excluding carboxylic acids is 2. The lowest BCUT2D eigenvalue weighted by Gasteiger charge is -2.27. The van der Waals surface area contributed by atoms with E-state index in [9.17, 15) is 9.59 Å². The van der Waals surface area contributed by atoms with Crippen LogP contribution in [0.3, 0.4) is 0 Å². The molecular weight excluding hydrogens is 260 g/mol. The number of amides is 2. The van der Waals surface area contributed by atoms with Gasteiger partial charge < -0.3 is 10.2 Å². The molecule has 0 radical (unpaired) electrons. The molecule has 2 rings (SSSR count). The third-order valence-electron chi connectivity index (χ3n) is 2.72. The van der Waals surface area contributed by atoms with Gasteiger partial charge >= 0.3 is 0 Å². The minimum Gasteiger partial charge on any atom is -0.346 e. The van der Waals surface area contributed by atoms with E-state index in [1.165, 1.54) is 10.4 Å². The van der Waals surface area contributed by atoms with Gasteiger partial charge in [-0.3, -0.25) is 9.59 Å². The van der Waals surface area contributed by atoms with Gasteiger partial charge in [-0.15, -0.1) is 22.9 Å². The van der Waals surface area contributed by atoms with Crippen LogP contribution >= 0.6 is 22.9 Å². The molecule has 0 unspecified atom stereocenters. The van der Waals surface area contributed by atoms with Gasteiger partial charge in [-0.1, -0.05) is 0 Å². The van der Waals surface area contributed by atoms with E-state index in [0.29, 0.717) is 6.54 Å². The summed E-state index contributed by atoms with van der Waals surface area (Å²) in [6.45, 7) is 1.41. The van der Waals surface area contributed by atoms with Crippen LogP contribution in [0.2, 0.25) is 0 Å². The molecule has 1 aromatic heterocycles.